The summed E-state index contributed by atoms with van der Waals surface area (Å²) in [7, 11) is 11.9. The van der Waals surface area contributed by atoms with Crippen LogP contribution >= 0.6 is 19.4 Å². The Hall–Kier alpha value is -4.11. The normalized spacial score (nSPS) is 15.6. The first-order valence-electron chi connectivity index (χ1n) is 18.9. The summed E-state index contributed by atoms with van der Waals surface area (Å²) >= 11 is -2.16. The molecule has 0 aromatic heterocycles. The Labute approximate surface area is 344 Å². The molecule has 1 saturated heterocycles. The summed E-state index contributed by atoms with van der Waals surface area (Å²) in [5.41, 5.74) is 9.55. The van der Waals surface area contributed by atoms with Crippen molar-refractivity contribution >= 4 is 58.6 Å². The van der Waals surface area contributed by atoms with Crippen molar-refractivity contribution in [1.82, 2.24) is 0 Å². The number of rotatable bonds is 9. The summed E-state index contributed by atoms with van der Waals surface area (Å²) < 4.78 is 7.35. The van der Waals surface area contributed by atoms with Gasteiger partial charge in [0.2, 0.25) is 0 Å². The number of nitro benzene ring substituents is 1. The summed E-state index contributed by atoms with van der Waals surface area (Å²) in [6.45, 7) is 24.4. The molecule has 2 amide bonds. The van der Waals surface area contributed by atoms with Crippen LogP contribution in [0.4, 0.5) is 22.7 Å². The zero-order valence-corrected chi connectivity index (χ0v) is 36.7. The summed E-state index contributed by atoms with van der Waals surface area (Å²) in [4.78, 5) is 41.8. The number of halogens is 2. The average Bonchev–Trinajstić information content (AvgIpc) is 3.64. The van der Waals surface area contributed by atoms with Crippen LogP contribution in [-0.2, 0) is 18.3 Å². The molecule has 0 aliphatic carbocycles. The van der Waals surface area contributed by atoms with E-state index in [1.165, 1.54) is 64.8 Å². The molecule has 9 nitrogen and oxygen atoms in total. The predicted molar refractivity (Wildman–Crippen MR) is 227 cm³/mol. The Bertz CT molecular complexity index is 1990. The van der Waals surface area contributed by atoms with Gasteiger partial charge in [-0.05, 0) is 45.9 Å². The molecule has 1 fully saturated rings. The molecule has 300 valence electrons. The van der Waals surface area contributed by atoms with Crippen LogP contribution in [0.15, 0.2) is 78.9 Å². The average molecular weight is 888 g/mol. The molecular formula is C44H51Cl2N4O5Ru-. The van der Waals surface area contributed by atoms with Gasteiger partial charge in [-0.3, -0.25) is 0 Å². The van der Waals surface area contributed by atoms with E-state index in [0.29, 0.717) is 35.0 Å². The van der Waals surface area contributed by atoms with Gasteiger partial charge in [0.05, 0.1) is 0 Å². The van der Waals surface area contributed by atoms with Crippen molar-refractivity contribution in [3.63, 3.8) is 0 Å². The first-order valence-corrected chi connectivity index (χ1v) is 24.4. The fourth-order valence-corrected chi connectivity index (χ4v) is 8.91. The van der Waals surface area contributed by atoms with Crippen LogP contribution in [0.1, 0.15) is 124 Å². The number of hydrogen-bond donors (Lipinski definition) is 0. The van der Waals surface area contributed by atoms with Crippen LogP contribution in [-0.4, -0.2) is 40.5 Å². The number of amides is 2. The zero-order chi connectivity index (χ0) is 41.0. The number of imide groups is 1. The zero-order valence-electron chi connectivity index (χ0n) is 33.4. The van der Waals surface area contributed by atoms with Crippen LogP contribution < -0.4 is 19.4 Å². The van der Waals surface area contributed by atoms with Crippen molar-refractivity contribution in [3.05, 3.63) is 129 Å². The molecule has 4 aromatic rings. The van der Waals surface area contributed by atoms with Crippen molar-refractivity contribution in [2.24, 2.45) is 0 Å². The van der Waals surface area contributed by atoms with Crippen LogP contribution in [0.5, 0.6) is 5.75 Å². The number of hydrogen-bond acceptors (Lipinski definition) is 7. The third-order valence-electron chi connectivity index (χ3n) is 9.96. The molecule has 2 aliphatic rings. The second-order valence-corrected chi connectivity index (χ2v) is 21.0. The third-order valence-corrected chi connectivity index (χ3v) is 11.8. The molecule has 12 heteroatoms. The third kappa shape index (κ3) is 9.36. The minimum atomic E-state index is -2.16. The monoisotopic (exact) mass is 887 g/mol. The number of non-ortho nitro benzene ring substituents is 1. The molecular weight excluding hydrogens is 836 g/mol. The molecule has 0 radical (unpaired) electrons. The Balaban J connectivity index is 0.000000215. The maximum atomic E-state index is 13.0. The SMILES string of the molecule is CC(C)c1cccc(C(C)C)c1N1[CH-]N(c2c(C(C)C)cccc2C(C)C)CC1.CC1Oc2c([CH]=[Ru]([Cl])[Cl])cccc2N(C(=O)c2ccc([N+](=O)[O-])cc2)C1=O. The molecule has 0 saturated carbocycles. The molecule has 1 unspecified atom stereocenters. The van der Waals surface area contributed by atoms with Gasteiger partial charge in [-0.15, -0.1) is 0 Å². The van der Waals surface area contributed by atoms with E-state index in [9.17, 15) is 19.7 Å². The van der Waals surface area contributed by atoms with Crippen LogP contribution in [0.2, 0.25) is 0 Å². The standard InChI is InChI=1S/C27H39N2.C17H12N2O5.2ClH.Ru/c1-18(2)22-11-9-12-23(19(3)4)26(22)28-15-16-29(17-28)27-24(20(5)6)13-10-14-25(27)21(7)8;1-10-4-3-5-14-15(10)24-11(2)16(20)18(14)17(21)12-6-8-13(9-7-12)19(22)23;;;/h9-14,17-21H,15-16H2,1-8H3;1,3-9,11H,2H3;2*1H;/q-1;;;;+2/p-2. The van der Waals surface area contributed by atoms with Crippen molar-refractivity contribution in [3.8, 4) is 5.75 Å². The first-order chi connectivity index (χ1) is 26.5. The molecule has 4 aromatic carbocycles. The molecule has 2 heterocycles. The summed E-state index contributed by atoms with van der Waals surface area (Å²) in [6, 6.07) is 23.7. The minimum absolute atomic E-state index is 0.144. The van der Waals surface area contributed by atoms with E-state index >= 15 is 0 Å². The van der Waals surface area contributed by atoms with E-state index < -0.39 is 36.4 Å². The number of benzene rings is 4. The quantitative estimate of drug-likeness (QED) is 0.0543. The molecule has 56 heavy (non-hydrogen) atoms. The Morgan fingerprint density at radius 2 is 1.23 bits per heavy atom. The molecule has 6 rings (SSSR count). The van der Waals surface area contributed by atoms with Gasteiger partial charge >= 0.3 is 167 Å². The number of carbonyl (C=O) groups excluding carboxylic acids is 2. The van der Waals surface area contributed by atoms with Crippen LogP contribution in [0, 0.1) is 16.8 Å². The molecule has 0 spiro atoms. The summed E-state index contributed by atoms with van der Waals surface area (Å²) in [6.07, 6.45) is -0.889. The fourth-order valence-electron chi connectivity index (χ4n) is 7.13. The molecule has 0 bridgehead atoms. The maximum absolute atomic E-state index is 13.0. The number of carbonyl (C=O) groups is 2. The van der Waals surface area contributed by atoms with E-state index in [1.807, 2.05) is 0 Å². The van der Waals surface area contributed by atoms with E-state index in [1.54, 1.807) is 22.8 Å². The molecule has 0 N–H and O–H groups in total. The number of nitrogens with zero attached hydrogens (tertiary/aromatic N) is 4. The van der Waals surface area contributed by atoms with E-state index in [0.717, 1.165) is 18.0 Å². The second kappa shape index (κ2) is 18.4. The summed E-state index contributed by atoms with van der Waals surface area (Å²) in [5, 5.41) is 10.8. The fraction of sp³-hybridized carbons (Fsp3) is 0.364. The van der Waals surface area contributed by atoms with Crippen molar-refractivity contribution in [1.29, 1.82) is 0 Å². The van der Waals surface area contributed by atoms with E-state index in [-0.39, 0.29) is 16.9 Å². The van der Waals surface area contributed by atoms with Crippen molar-refractivity contribution in [2.45, 2.75) is 92.1 Å². The Morgan fingerprint density at radius 1 is 0.786 bits per heavy atom. The van der Waals surface area contributed by atoms with Gasteiger partial charge in [0.25, 0.3) is 0 Å². The van der Waals surface area contributed by atoms with Gasteiger partial charge in [-0.2, -0.15) is 6.67 Å². The van der Waals surface area contributed by atoms with Gasteiger partial charge in [0.15, 0.2) is 0 Å². The first kappa shape index (κ1) is 43.0. The van der Waals surface area contributed by atoms with Crippen LogP contribution in [0.3, 0.4) is 0 Å². The van der Waals surface area contributed by atoms with E-state index in [4.69, 9.17) is 24.1 Å². The van der Waals surface area contributed by atoms with E-state index in [2.05, 4.69) is 108 Å². The van der Waals surface area contributed by atoms with Crippen molar-refractivity contribution < 1.29 is 32.8 Å². The summed E-state index contributed by atoms with van der Waals surface area (Å²) in [5.74, 6) is 1.27. The van der Waals surface area contributed by atoms with Crippen molar-refractivity contribution in [2.75, 3.05) is 27.8 Å². The number of fused-ring (bicyclic) bond motifs is 1. The molecule has 1 atom stereocenters. The van der Waals surface area contributed by atoms with Crippen LogP contribution in [0.25, 0.3) is 0 Å². The predicted octanol–water partition coefficient (Wildman–Crippen LogP) is 11.3. The number of anilines is 3. The molecule has 2 aliphatic heterocycles. The number of nitro groups is 1. The van der Waals surface area contributed by atoms with Gasteiger partial charge in [0.1, 0.15) is 0 Å². The topological polar surface area (TPSA) is 96.2 Å². The Morgan fingerprint density at radius 3 is 1.64 bits per heavy atom. The number of para-hydroxylation sites is 3. The van der Waals surface area contributed by atoms with Gasteiger partial charge in [-0.1, -0.05) is 91.8 Å². The Kier molecular flexibility index (Phi) is 14.2. The number of ether oxygens (including phenoxy) is 1. The van der Waals surface area contributed by atoms with Gasteiger partial charge < -0.3 is 9.80 Å². The van der Waals surface area contributed by atoms with Gasteiger partial charge in [-0.25, -0.2) is 0 Å². The van der Waals surface area contributed by atoms with Gasteiger partial charge in [0, 0.05) is 24.5 Å². The second-order valence-electron chi connectivity index (χ2n) is 15.2.